The van der Waals surface area contributed by atoms with Crippen molar-refractivity contribution in [1.29, 1.82) is 0 Å². The minimum absolute atomic E-state index is 0.176. The van der Waals surface area contributed by atoms with Crippen molar-refractivity contribution in [1.82, 2.24) is 10.0 Å². The van der Waals surface area contributed by atoms with Crippen molar-refractivity contribution >= 4 is 46.4 Å². The molecule has 8 rings (SSSR count). The molecule has 4 amide bonds. The summed E-state index contributed by atoms with van der Waals surface area (Å²) in [7, 11) is 0. The molecule has 4 aromatic carbocycles. The number of carbonyl (C=O) groups excluding carboxylic acids is 4. The molecule has 0 unspecified atom stereocenters. The molecule has 0 bridgehead atoms. The zero-order chi connectivity index (χ0) is 33.4. The number of amides is 4. The second-order valence-electron chi connectivity index (χ2n) is 12.0. The third kappa shape index (κ3) is 4.06. The normalized spacial score (nSPS) is 26.6. The molecule has 4 aromatic rings. The molecule has 4 aliphatic rings. The minimum Gasteiger partial charge on any atom is -0.274 e. The smallest absolute Gasteiger partial charge is 0.269 e. The van der Waals surface area contributed by atoms with Gasteiger partial charge in [-0.2, -0.15) is 0 Å². The van der Waals surface area contributed by atoms with Gasteiger partial charge in [0.15, 0.2) is 0 Å². The molecule has 4 saturated heterocycles. The van der Waals surface area contributed by atoms with Gasteiger partial charge in [-0.3, -0.25) is 39.4 Å². The van der Waals surface area contributed by atoms with Gasteiger partial charge in [0.25, 0.3) is 23.2 Å². The largest absolute Gasteiger partial charge is 0.274 e. The molecule has 0 radical (unpaired) electrons. The zero-order valence-corrected chi connectivity index (χ0v) is 24.8. The van der Waals surface area contributed by atoms with E-state index in [2.05, 4.69) is 0 Å². The summed E-state index contributed by atoms with van der Waals surface area (Å²) in [5.41, 5.74) is 1.27. The number of non-ortho nitro benzene ring substituents is 2. The molecule has 0 saturated carbocycles. The number of hydrazine groups is 1. The fourth-order valence-electron chi connectivity index (χ4n) is 7.75. The summed E-state index contributed by atoms with van der Waals surface area (Å²) in [6.07, 6.45) is 0. The number of fused-ring (bicyclic) bond motifs is 5. The highest BCUT2D eigenvalue weighted by Crippen LogP contribution is 2.59. The molecule has 0 spiro atoms. The predicted octanol–water partition coefficient (Wildman–Crippen LogP) is 3.95. The van der Waals surface area contributed by atoms with Crippen molar-refractivity contribution in [2.45, 2.75) is 24.2 Å². The summed E-state index contributed by atoms with van der Waals surface area (Å²) in [6, 6.07) is 24.4. The zero-order valence-electron chi connectivity index (χ0n) is 24.8. The first-order valence-electron chi connectivity index (χ1n) is 15.1. The number of rotatable bonds is 6. The Balaban J connectivity index is 1.28. The van der Waals surface area contributed by atoms with Crippen LogP contribution in [0.15, 0.2) is 109 Å². The standard InChI is InChI=1S/C34H24N6O8/c41-31-25-27(19-7-3-1-4-8-19)37-30-26(32(42)36(34(30)44)22-13-17-24(18-14-22)40(47)48)28(20-9-5-2-6-10-20)38(37)29(25)33(43)35(31)21-11-15-23(16-12-21)39(45)46/h1-18,25-30H/t25-,26+,27-,28+,29-,30-/m1/s1. The summed E-state index contributed by atoms with van der Waals surface area (Å²) in [5.74, 6) is -4.19. The molecule has 14 nitrogen and oxygen atoms in total. The van der Waals surface area contributed by atoms with Gasteiger partial charge in [0, 0.05) is 24.3 Å². The highest BCUT2D eigenvalue weighted by molar-refractivity contribution is 6.26. The van der Waals surface area contributed by atoms with Gasteiger partial charge in [0.1, 0.15) is 12.1 Å². The van der Waals surface area contributed by atoms with Gasteiger partial charge in [0.05, 0.1) is 45.1 Å². The van der Waals surface area contributed by atoms with Crippen molar-refractivity contribution < 1.29 is 29.0 Å². The van der Waals surface area contributed by atoms with Gasteiger partial charge in [-0.25, -0.2) is 19.8 Å². The van der Waals surface area contributed by atoms with E-state index in [1.54, 1.807) is 70.7 Å². The Morgan fingerprint density at radius 1 is 0.438 bits per heavy atom. The number of benzene rings is 4. The Morgan fingerprint density at radius 3 is 1.08 bits per heavy atom. The van der Waals surface area contributed by atoms with Crippen LogP contribution in [-0.4, -0.2) is 55.6 Å². The maximum atomic E-state index is 14.4. The third-order valence-electron chi connectivity index (χ3n) is 9.64. The van der Waals surface area contributed by atoms with Crippen molar-refractivity contribution in [3.63, 3.8) is 0 Å². The fraction of sp³-hybridized carbons (Fsp3) is 0.176. The van der Waals surface area contributed by atoms with Crippen LogP contribution < -0.4 is 9.80 Å². The van der Waals surface area contributed by atoms with Crippen LogP contribution in [0.4, 0.5) is 22.7 Å². The lowest BCUT2D eigenvalue weighted by Gasteiger charge is -2.35. The van der Waals surface area contributed by atoms with E-state index in [4.69, 9.17) is 0 Å². The SMILES string of the molecule is O=C1[C@@H]2[C@@H](c3ccccc3)N3[C@H]4C(=O)N(c5ccc([N+](=O)[O-])cc5)C(=O)[C@H]4[C@H](c4ccccc4)N3[C@H]2C(=O)N1c1ccc([N+](=O)[O-])cc1. The molecular weight excluding hydrogens is 620 g/mol. The number of nitro benzene ring substituents is 2. The van der Waals surface area contributed by atoms with Crippen LogP contribution >= 0.6 is 0 Å². The first kappa shape index (κ1) is 29.3. The second kappa shape index (κ2) is 10.7. The van der Waals surface area contributed by atoms with Gasteiger partial charge in [0.2, 0.25) is 11.8 Å². The molecule has 0 aromatic heterocycles. The van der Waals surface area contributed by atoms with Crippen molar-refractivity contribution in [2.75, 3.05) is 9.80 Å². The van der Waals surface area contributed by atoms with Gasteiger partial charge in [-0.15, -0.1) is 0 Å². The molecule has 238 valence electrons. The van der Waals surface area contributed by atoms with E-state index in [9.17, 15) is 39.4 Å². The van der Waals surface area contributed by atoms with E-state index < -0.39 is 69.5 Å². The number of nitrogens with zero attached hydrogens (tertiary/aromatic N) is 6. The Kier molecular flexibility index (Phi) is 6.54. The van der Waals surface area contributed by atoms with Crippen LogP contribution in [0.1, 0.15) is 23.2 Å². The van der Waals surface area contributed by atoms with Crippen LogP contribution in [0.3, 0.4) is 0 Å². The quantitative estimate of drug-likeness (QED) is 0.170. The molecule has 4 fully saturated rings. The maximum absolute atomic E-state index is 14.4. The van der Waals surface area contributed by atoms with Crippen molar-refractivity contribution in [2.24, 2.45) is 11.8 Å². The maximum Gasteiger partial charge on any atom is 0.269 e. The number of hydrogen-bond donors (Lipinski definition) is 0. The van der Waals surface area contributed by atoms with Crippen LogP contribution in [0, 0.1) is 32.1 Å². The van der Waals surface area contributed by atoms with Gasteiger partial charge < -0.3 is 0 Å². The van der Waals surface area contributed by atoms with Crippen molar-refractivity contribution in [3.05, 3.63) is 141 Å². The van der Waals surface area contributed by atoms with Crippen LogP contribution in [0.25, 0.3) is 0 Å². The number of anilines is 2. The van der Waals surface area contributed by atoms with Crippen LogP contribution in [0.5, 0.6) is 0 Å². The molecule has 48 heavy (non-hydrogen) atoms. The number of nitro groups is 2. The average molecular weight is 645 g/mol. The lowest BCUT2D eigenvalue weighted by atomic mass is 9.84. The highest BCUT2D eigenvalue weighted by atomic mass is 16.6. The number of carbonyl (C=O) groups is 4. The lowest BCUT2D eigenvalue weighted by molar-refractivity contribution is -0.385. The minimum atomic E-state index is -1.10. The molecule has 4 heterocycles. The summed E-state index contributed by atoms with van der Waals surface area (Å²) >= 11 is 0. The van der Waals surface area contributed by atoms with Crippen molar-refractivity contribution in [3.8, 4) is 0 Å². The topological polar surface area (TPSA) is 168 Å². The van der Waals surface area contributed by atoms with E-state index in [0.29, 0.717) is 11.1 Å². The van der Waals surface area contributed by atoms with E-state index in [0.717, 1.165) is 9.80 Å². The second-order valence-corrected chi connectivity index (χ2v) is 12.0. The van der Waals surface area contributed by atoms with E-state index in [-0.39, 0.29) is 22.7 Å². The summed E-state index contributed by atoms with van der Waals surface area (Å²) in [6.45, 7) is 0. The Hall–Kier alpha value is -6.12. The number of imide groups is 2. The van der Waals surface area contributed by atoms with Gasteiger partial charge in [-0.05, 0) is 35.4 Å². The first-order valence-corrected chi connectivity index (χ1v) is 15.1. The van der Waals surface area contributed by atoms with Crippen LogP contribution in [0.2, 0.25) is 0 Å². The molecule has 0 aliphatic carbocycles. The molecule has 14 heteroatoms. The van der Waals surface area contributed by atoms with E-state index >= 15 is 0 Å². The molecular formula is C34H24N6O8. The lowest BCUT2D eigenvalue weighted by Crippen LogP contribution is -2.50. The fourth-order valence-corrected chi connectivity index (χ4v) is 7.75. The third-order valence-corrected chi connectivity index (χ3v) is 9.64. The summed E-state index contributed by atoms with van der Waals surface area (Å²) < 4.78 is 0. The van der Waals surface area contributed by atoms with E-state index in [1.165, 1.54) is 48.5 Å². The van der Waals surface area contributed by atoms with Gasteiger partial charge >= 0.3 is 0 Å². The number of hydrogen-bond acceptors (Lipinski definition) is 10. The molecule has 6 atom stereocenters. The summed E-state index contributed by atoms with van der Waals surface area (Å²) in [5, 5.41) is 26.0. The molecule has 4 aliphatic heterocycles. The average Bonchev–Trinajstić information content (AvgIpc) is 3.77. The van der Waals surface area contributed by atoms with Gasteiger partial charge in [-0.1, -0.05) is 60.7 Å². The Bertz CT molecular complexity index is 1880. The van der Waals surface area contributed by atoms with E-state index in [1.807, 2.05) is 0 Å². The summed E-state index contributed by atoms with van der Waals surface area (Å²) in [4.78, 5) is 81.1. The Labute approximate surface area is 271 Å². The van der Waals surface area contributed by atoms with Crippen LogP contribution in [-0.2, 0) is 19.2 Å². The predicted molar refractivity (Wildman–Crippen MR) is 168 cm³/mol. The first-order chi connectivity index (χ1) is 23.2. The molecule has 0 N–H and O–H groups in total. The monoisotopic (exact) mass is 644 g/mol. The highest BCUT2D eigenvalue weighted by Gasteiger charge is 2.73. The Morgan fingerprint density at radius 2 is 0.771 bits per heavy atom.